The third-order valence-corrected chi connectivity index (χ3v) is 9.15. The van der Waals surface area contributed by atoms with E-state index in [0.717, 1.165) is 70.9 Å². The zero-order chi connectivity index (χ0) is 29.2. The van der Waals surface area contributed by atoms with E-state index in [1.165, 1.54) is 6.08 Å². The minimum absolute atomic E-state index is 0.145. The summed E-state index contributed by atoms with van der Waals surface area (Å²) in [6.45, 7) is 8.28. The number of rotatable bonds is 7. The number of halogens is 1. The molecule has 0 N–H and O–H groups in total. The number of piperazine rings is 1. The number of amides is 1. The molecule has 0 aliphatic carbocycles. The molecule has 218 valence electrons. The Morgan fingerprint density at radius 1 is 1.14 bits per heavy atom. The predicted octanol–water partition coefficient (Wildman–Crippen LogP) is 4.44. The Hall–Kier alpha value is -3.87. The van der Waals surface area contributed by atoms with Crippen LogP contribution in [0.1, 0.15) is 30.5 Å². The van der Waals surface area contributed by atoms with E-state index in [-0.39, 0.29) is 18.4 Å². The standard InChI is InChI=1S/C32H36ClN7O2/c1-3-29(41)40-18-17-39(19-23(40)12-14-34)31-25-13-16-38(28-11-5-8-22-7-4-10-26(33)30(22)28)20-27(25)35-32(36-31)42-21-24-9-6-15-37(24)2/h3-5,7-8,10-11,23-24H,1,6,9,12-13,15-21H2,2H3/t23-,24-/m0/s1/i2+1. The Morgan fingerprint density at radius 2 is 1.98 bits per heavy atom. The van der Waals surface area contributed by atoms with Gasteiger partial charge in [-0.25, -0.2) is 0 Å². The third-order valence-electron chi connectivity index (χ3n) is 8.84. The first-order valence-electron chi connectivity index (χ1n) is 14.7. The highest BCUT2D eigenvalue weighted by molar-refractivity contribution is 6.36. The summed E-state index contributed by atoms with van der Waals surface area (Å²) < 4.78 is 6.28. The van der Waals surface area contributed by atoms with E-state index >= 15 is 0 Å². The maximum Gasteiger partial charge on any atom is 0.318 e. The fourth-order valence-corrected chi connectivity index (χ4v) is 6.83. The topological polar surface area (TPSA) is 88.8 Å². The molecule has 3 aliphatic heterocycles. The Bertz CT molecular complexity index is 1530. The molecule has 2 saturated heterocycles. The van der Waals surface area contributed by atoms with Gasteiger partial charge in [0.05, 0.1) is 35.8 Å². The minimum atomic E-state index is -0.241. The molecule has 0 radical (unpaired) electrons. The number of nitriles is 1. The van der Waals surface area contributed by atoms with Crippen molar-refractivity contribution in [2.24, 2.45) is 0 Å². The zero-order valence-corrected chi connectivity index (χ0v) is 24.8. The molecule has 1 aromatic heterocycles. The lowest BCUT2D eigenvalue weighted by Crippen LogP contribution is -2.55. The number of carbonyl (C=O) groups is 1. The molecular formula is C32H36ClN7O2. The van der Waals surface area contributed by atoms with Gasteiger partial charge in [0.2, 0.25) is 5.91 Å². The van der Waals surface area contributed by atoms with E-state index in [9.17, 15) is 10.1 Å². The normalized spacial score (nSPS) is 20.8. The van der Waals surface area contributed by atoms with Crippen LogP contribution in [0.5, 0.6) is 6.01 Å². The summed E-state index contributed by atoms with van der Waals surface area (Å²) in [6.07, 6.45) is 4.59. The fourth-order valence-electron chi connectivity index (χ4n) is 6.56. The zero-order valence-electron chi connectivity index (χ0n) is 24.0. The summed E-state index contributed by atoms with van der Waals surface area (Å²) in [6, 6.07) is 15.0. The van der Waals surface area contributed by atoms with Gasteiger partial charge in [-0.2, -0.15) is 15.2 Å². The van der Waals surface area contributed by atoms with E-state index in [0.29, 0.717) is 44.8 Å². The monoisotopic (exact) mass is 586 g/mol. The average molecular weight is 587 g/mol. The molecule has 3 aromatic rings. The smallest absolute Gasteiger partial charge is 0.318 e. The molecule has 10 heteroatoms. The predicted molar refractivity (Wildman–Crippen MR) is 165 cm³/mol. The van der Waals surface area contributed by atoms with Gasteiger partial charge in [0.25, 0.3) is 0 Å². The molecule has 3 aliphatic rings. The lowest BCUT2D eigenvalue weighted by molar-refractivity contribution is -0.128. The number of likely N-dealkylation sites (tertiary alicyclic amines) is 1. The van der Waals surface area contributed by atoms with Crippen molar-refractivity contribution in [2.45, 2.75) is 44.3 Å². The number of benzene rings is 2. The molecule has 9 nitrogen and oxygen atoms in total. The SMILES string of the molecule is C=CC(=O)N1CCN(c2nc(OC[C@@H]3CCCN3[13CH3])nc3c2CCN(c2cccc4cccc(Cl)c24)C3)C[C@@H]1CC#N. The first-order chi connectivity index (χ1) is 20.5. The van der Waals surface area contributed by atoms with E-state index in [1.807, 2.05) is 12.1 Å². The van der Waals surface area contributed by atoms with Crippen molar-refractivity contribution in [3.05, 3.63) is 65.3 Å². The Labute approximate surface area is 251 Å². The van der Waals surface area contributed by atoms with Crippen LogP contribution in [0.2, 0.25) is 5.02 Å². The van der Waals surface area contributed by atoms with Gasteiger partial charge < -0.3 is 24.3 Å². The molecular weight excluding hydrogens is 551 g/mol. The van der Waals surface area contributed by atoms with E-state index in [1.54, 1.807) is 4.90 Å². The molecule has 1 amide bonds. The second kappa shape index (κ2) is 12.2. The van der Waals surface area contributed by atoms with Crippen LogP contribution in [0.4, 0.5) is 11.5 Å². The molecule has 42 heavy (non-hydrogen) atoms. The fraction of sp³-hybridized carbons (Fsp3) is 0.438. The number of nitrogens with zero attached hydrogens (tertiary/aromatic N) is 7. The average Bonchev–Trinajstić information content (AvgIpc) is 3.43. The minimum Gasteiger partial charge on any atom is -0.462 e. The van der Waals surface area contributed by atoms with Crippen molar-refractivity contribution in [3.8, 4) is 12.1 Å². The van der Waals surface area contributed by atoms with E-state index in [4.69, 9.17) is 26.3 Å². The lowest BCUT2D eigenvalue weighted by atomic mass is 10.0. The Kier molecular flexibility index (Phi) is 8.18. The number of hydrogen-bond acceptors (Lipinski definition) is 8. The Morgan fingerprint density at radius 3 is 2.74 bits per heavy atom. The number of carbonyl (C=O) groups excluding carboxylic acids is 1. The van der Waals surface area contributed by atoms with Crippen LogP contribution in [0.15, 0.2) is 49.1 Å². The second-order valence-corrected chi connectivity index (χ2v) is 11.7. The highest BCUT2D eigenvalue weighted by atomic mass is 35.5. The van der Waals surface area contributed by atoms with Gasteiger partial charge in [-0.15, -0.1) is 0 Å². The van der Waals surface area contributed by atoms with Crippen molar-refractivity contribution >= 4 is 39.8 Å². The van der Waals surface area contributed by atoms with Gasteiger partial charge in [-0.1, -0.05) is 42.4 Å². The first-order valence-corrected chi connectivity index (χ1v) is 15.0. The van der Waals surface area contributed by atoms with Crippen molar-refractivity contribution in [2.75, 3.05) is 56.2 Å². The van der Waals surface area contributed by atoms with Crippen LogP contribution in [0, 0.1) is 11.3 Å². The highest BCUT2D eigenvalue weighted by Crippen LogP contribution is 2.37. The molecule has 6 rings (SSSR count). The van der Waals surface area contributed by atoms with Gasteiger partial charge in [-0.3, -0.25) is 4.79 Å². The van der Waals surface area contributed by atoms with Crippen LogP contribution in [-0.2, 0) is 17.8 Å². The van der Waals surface area contributed by atoms with Gasteiger partial charge >= 0.3 is 6.01 Å². The van der Waals surface area contributed by atoms with E-state index in [2.05, 4.69) is 58.7 Å². The molecule has 0 saturated carbocycles. The van der Waals surface area contributed by atoms with Crippen LogP contribution in [0.25, 0.3) is 10.8 Å². The lowest BCUT2D eigenvalue weighted by Gasteiger charge is -2.42. The number of fused-ring (bicyclic) bond motifs is 2. The first kappa shape index (κ1) is 28.3. The van der Waals surface area contributed by atoms with E-state index < -0.39 is 0 Å². The molecule has 2 aromatic carbocycles. The maximum absolute atomic E-state index is 12.5. The molecule has 2 atom stereocenters. The van der Waals surface area contributed by atoms with Crippen LogP contribution < -0.4 is 14.5 Å². The van der Waals surface area contributed by atoms with Crippen LogP contribution in [-0.4, -0.2) is 84.1 Å². The molecule has 0 unspecified atom stereocenters. The summed E-state index contributed by atoms with van der Waals surface area (Å²) >= 11 is 6.69. The molecule has 2 fully saturated rings. The van der Waals surface area contributed by atoms with Crippen molar-refractivity contribution in [1.29, 1.82) is 5.26 Å². The summed E-state index contributed by atoms with van der Waals surface area (Å²) in [4.78, 5) is 31.1. The van der Waals surface area contributed by atoms with Crippen LogP contribution >= 0.6 is 11.6 Å². The maximum atomic E-state index is 12.5. The van der Waals surface area contributed by atoms with Gasteiger partial charge in [-0.05, 0) is 56.4 Å². The number of ether oxygens (including phenoxy) is 1. The number of aromatic nitrogens is 2. The van der Waals surface area contributed by atoms with Gasteiger partial charge in [0.1, 0.15) is 12.4 Å². The van der Waals surface area contributed by atoms with Crippen molar-refractivity contribution in [1.82, 2.24) is 19.8 Å². The van der Waals surface area contributed by atoms with Crippen molar-refractivity contribution < 1.29 is 9.53 Å². The highest BCUT2D eigenvalue weighted by Gasteiger charge is 2.33. The quantitative estimate of drug-likeness (QED) is 0.297. The van der Waals surface area contributed by atoms with Crippen LogP contribution in [0.3, 0.4) is 0 Å². The van der Waals surface area contributed by atoms with Crippen molar-refractivity contribution in [3.63, 3.8) is 0 Å². The summed E-state index contributed by atoms with van der Waals surface area (Å²) in [5, 5.41) is 12.4. The number of likely N-dealkylation sites (N-methyl/N-ethyl adjacent to an activating group) is 1. The molecule has 4 heterocycles. The summed E-state index contributed by atoms with van der Waals surface area (Å²) in [7, 11) is 2.13. The van der Waals surface area contributed by atoms with Gasteiger partial charge in [0.15, 0.2) is 0 Å². The third kappa shape index (κ3) is 5.49. The van der Waals surface area contributed by atoms with Gasteiger partial charge in [0, 0.05) is 48.9 Å². The second-order valence-electron chi connectivity index (χ2n) is 11.3. The number of hydrogen-bond donors (Lipinski definition) is 0. The molecule has 0 spiro atoms. The summed E-state index contributed by atoms with van der Waals surface area (Å²) in [5.74, 6) is 0.702. The molecule has 0 bridgehead atoms. The number of anilines is 2. The Balaban J connectivity index is 1.34. The summed E-state index contributed by atoms with van der Waals surface area (Å²) in [5.41, 5.74) is 3.12. The largest absolute Gasteiger partial charge is 0.462 e.